The van der Waals surface area contributed by atoms with Crippen LogP contribution < -0.4 is 23.7 Å². The van der Waals surface area contributed by atoms with E-state index in [1.807, 2.05) is 0 Å². The van der Waals surface area contributed by atoms with Crippen LogP contribution in [-0.2, 0) is 10.0 Å². The molecule has 4 rings (SSSR count). The molecule has 3 heterocycles. The Labute approximate surface area is 191 Å². The third-order valence-corrected chi connectivity index (χ3v) is 6.31. The Balaban J connectivity index is 1.78. The van der Waals surface area contributed by atoms with E-state index >= 15 is 0 Å². The zero-order valence-corrected chi connectivity index (χ0v) is 19.1. The number of sulfonamides is 1. The molecule has 1 aromatic carbocycles. The lowest BCUT2D eigenvalue weighted by Crippen LogP contribution is -2.16. The maximum absolute atomic E-state index is 13.2. The van der Waals surface area contributed by atoms with E-state index in [2.05, 4.69) is 19.8 Å². The lowest BCUT2D eigenvalue weighted by atomic mass is 10.2. The summed E-state index contributed by atoms with van der Waals surface area (Å²) in [4.78, 5) is 7.76. The third-order valence-electron chi connectivity index (χ3n) is 4.29. The summed E-state index contributed by atoms with van der Waals surface area (Å²) in [5.41, 5.74) is 0.576. The zero-order valence-electron chi connectivity index (χ0n) is 17.5. The van der Waals surface area contributed by atoms with Gasteiger partial charge in [0.05, 0.1) is 14.2 Å². The Morgan fingerprint density at radius 3 is 2.67 bits per heavy atom. The number of nitrogens with zero attached hydrogens (tertiary/aromatic N) is 3. The molecule has 33 heavy (non-hydrogen) atoms. The van der Waals surface area contributed by atoms with E-state index in [9.17, 15) is 12.8 Å². The number of rotatable bonds is 9. The molecule has 14 heteroatoms. The second kappa shape index (κ2) is 9.07. The van der Waals surface area contributed by atoms with E-state index < -0.39 is 16.9 Å². The molecule has 0 aliphatic heterocycles. The summed E-state index contributed by atoms with van der Waals surface area (Å²) in [5.74, 6) is -0.219. The minimum atomic E-state index is -4.33. The van der Waals surface area contributed by atoms with Crippen molar-refractivity contribution in [3.63, 3.8) is 0 Å². The van der Waals surface area contributed by atoms with Crippen LogP contribution in [0.2, 0.25) is 0 Å². The molecular weight excluding hydrogens is 479 g/mol. The SMILES string of the molecule is COc1cc(C)nc(OC)c1S(=O)(=O)Nc1noc2cc(Oc3nccs3)cc(OCF)c12. The van der Waals surface area contributed by atoms with Crippen LogP contribution in [0.5, 0.6) is 28.3 Å². The number of aryl methyl sites for hydroxylation is 1. The largest absolute Gasteiger partial charge is 0.495 e. The molecule has 0 saturated carbocycles. The average molecular weight is 496 g/mol. The summed E-state index contributed by atoms with van der Waals surface area (Å²) in [6.45, 7) is 0.475. The normalized spacial score (nSPS) is 11.4. The number of fused-ring (bicyclic) bond motifs is 1. The fraction of sp³-hybridized carbons (Fsp3) is 0.211. The highest BCUT2D eigenvalue weighted by molar-refractivity contribution is 7.93. The number of thiazole rings is 1. The van der Waals surface area contributed by atoms with Crippen molar-refractivity contribution in [3.05, 3.63) is 35.5 Å². The van der Waals surface area contributed by atoms with Crippen molar-refractivity contribution in [2.75, 3.05) is 25.8 Å². The molecule has 0 radical (unpaired) electrons. The first-order chi connectivity index (χ1) is 15.9. The van der Waals surface area contributed by atoms with Gasteiger partial charge < -0.3 is 23.5 Å². The summed E-state index contributed by atoms with van der Waals surface area (Å²) >= 11 is 1.25. The molecule has 1 N–H and O–H groups in total. The molecule has 0 atom stereocenters. The van der Waals surface area contributed by atoms with E-state index in [4.69, 9.17) is 23.5 Å². The highest BCUT2D eigenvalue weighted by Gasteiger charge is 2.29. The number of alkyl halides is 1. The Hall–Kier alpha value is -3.65. The fourth-order valence-electron chi connectivity index (χ4n) is 2.99. The van der Waals surface area contributed by atoms with Crippen LogP contribution in [-0.4, -0.2) is 44.6 Å². The molecule has 0 saturated heterocycles. The van der Waals surface area contributed by atoms with Crippen LogP contribution >= 0.6 is 11.3 Å². The molecule has 0 aliphatic rings. The van der Waals surface area contributed by atoms with Gasteiger partial charge in [-0.05, 0) is 6.92 Å². The lowest BCUT2D eigenvalue weighted by molar-refractivity contribution is 0.193. The molecule has 0 unspecified atom stereocenters. The van der Waals surface area contributed by atoms with Crippen LogP contribution in [0.3, 0.4) is 0 Å². The van der Waals surface area contributed by atoms with Crippen LogP contribution in [0, 0.1) is 6.92 Å². The molecule has 11 nitrogen and oxygen atoms in total. The Morgan fingerprint density at radius 2 is 2.00 bits per heavy atom. The number of hydrogen-bond acceptors (Lipinski definition) is 11. The summed E-state index contributed by atoms with van der Waals surface area (Å²) in [7, 11) is -1.74. The average Bonchev–Trinajstić information content (AvgIpc) is 3.43. The number of nitrogens with one attached hydrogen (secondary N) is 1. The van der Waals surface area contributed by atoms with Crippen LogP contribution in [0.15, 0.2) is 39.2 Å². The number of aromatic nitrogens is 3. The van der Waals surface area contributed by atoms with Gasteiger partial charge in [-0.25, -0.2) is 22.8 Å². The number of halogens is 1. The summed E-state index contributed by atoms with van der Waals surface area (Å²) in [6.07, 6.45) is 1.56. The molecule has 0 spiro atoms. The number of anilines is 1. The molecule has 0 fully saturated rings. The maximum atomic E-state index is 13.2. The summed E-state index contributed by atoms with van der Waals surface area (Å²) in [6, 6.07) is 4.26. The molecule has 174 valence electrons. The summed E-state index contributed by atoms with van der Waals surface area (Å²) in [5, 5.41) is 5.92. The van der Waals surface area contributed by atoms with Crippen molar-refractivity contribution in [1.82, 2.24) is 15.1 Å². The number of pyridine rings is 1. The third kappa shape index (κ3) is 4.47. The molecule has 3 aromatic heterocycles. The second-order valence-corrected chi connectivity index (χ2v) is 8.87. The minimum absolute atomic E-state index is 0.0130. The van der Waals surface area contributed by atoms with Gasteiger partial charge in [-0.15, -0.1) is 0 Å². The Kier molecular flexibility index (Phi) is 6.20. The fourth-order valence-corrected chi connectivity index (χ4v) is 4.76. The number of methoxy groups -OCH3 is 2. The van der Waals surface area contributed by atoms with Gasteiger partial charge in [0.2, 0.25) is 12.7 Å². The van der Waals surface area contributed by atoms with Crippen LogP contribution in [0.1, 0.15) is 5.69 Å². The van der Waals surface area contributed by atoms with E-state index in [0.717, 1.165) is 0 Å². The van der Waals surface area contributed by atoms with Crippen molar-refractivity contribution in [1.29, 1.82) is 0 Å². The molecule has 4 aromatic rings. The summed E-state index contributed by atoms with van der Waals surface area (Å²) < 4.78 is 68.1. The Morgan fingerprint density at radius 1 is 1.18 bits per heavy atom. The van der Waals surface area contributed by atoms with Gasteiger partial charge in [-0.2, -0.15) is 0 Å². The van der Waals surface area contributed by atoms with Crippen molar-refractivity contribution < 1.29 is 36.3 Å². The number of hydrogen-bond donors (Lipinski definition) is 1. The van der Waals surface area contributed by atoms with Crippen molar-refractivity contribution >= 4 is 38.1 Å². The molecule has 0 aliphatic carbocycles. The van der Waals surface area contributed by atoms with Crippen molar-refractivity contribution in [2.45, 2.75) is 11.8 Å². The lowest BCUT2D eigenvalue weighted by Gasteiger charge is -2.14. The van der Waals surface area contributed by atoms with E-state index in [1.54, 1.807) is 18.5 Å². The smallest absolute Gasteiger partial charge is 0.278 e. The van der Waals surface area contributed by atoms with E-state index in [0.29, 0.717) is 10.9 Å². The van der Waals surface area contributed by atoms with Gasteiger partial charge >= 0.3 is 0 Å². The van der Waals surface area contributed by atoms with Crippen molar-refractivity contribution in [3.8, 4) is 28.3 Å². The predicted octanol–water partition coefficient (Wildman–Crippen LogP) is 3.90. The minimum Gasteiger partial charge on any atom is -0.495 e. The maximum Gasteiger partial charge on any atom is 0.278 e. The highest BCUT2D eigenvalue weighted by Crippen LogP contribution is 2.40. The monoisotopic (exact) mass is 496 g/mol. The first-order valence-electron chi connectivity index (χ1n) is 9.18. The Bertz CT molecular complexity index is 1370. The van der Waals surface area contributed by atoms with Crippen LogP contribution in [0.4, 0.5) is 10.2 Å². The van der Waals surface area contributed by atoms with Gasteiger partial charge in [0.25, 0.3) is 15.2 Å². The van der Waals surface area contributed by atoms with Gasteiger partial charge in [-0.3, -0.25) is 4.72 Å². The van der Waals surface area contributed by atoms with Gasteiger partial charge in [0, 0.05) is 35.5 Å². The van der Waals surface area contributed by atoms with Gasteiger partial charge in [-0.1, -0.05) is 16.5 Å². The standard InChI is InChI=1S/C19H17FN4O7S2/c1-10-6-14(27-2)16(18(22-10)28-3)33(25,26)24-17-15-12(29-9-20)7-11(8-13(15)31-23-17)30-19-21-4-5-32-19/h4-8H,9H2,1-3H3,(H,23,24). The van der Waals surface area contributed by atoms with Crippen molar-refractivity contribution in [2.24, 2.45) is 0 Å². The number of benzene rings is 1. The predicted molar refractivity (Wildman–Crippen MR) is 116 cm³/mol. The first kappa shape index (κ1) is 22.5. The number of ether oxygens (including phenoxy) is 4. The molecule has 0 amide bonds. The van der Waals surface area contributed by atoms with Crippen LogP contribution in [0.25, 0.3) is 11.0 Å². The topological polar surface area (TPSA) is 135 Å². The first-order valence-corrected chi connectivity index (χ1v) is 11.5. The molecule has 0 bridgehead atoms. The van der Waals surface area contributed by atoms with Gasteiger partial charge in [0.15, 0.2) is 16.3 Å². The zero-order chi connectivity index (χ0) is 23.6. The second-order valence-electron chi connectivity index (χ2n) is 6.39. The molecular formula is C19H17FN4O7S2. The quantitative estimate of drug-likeness (QED) is 0.363. The van der Waals surface area contributed by atoms with Gasteiger partial charge in [0.1, 0.15) is 22.6 Å². The van der Waals surface area contributed by atoms with E-state index in [1.165, 1.54) is 43.8 Å². The van der Waals surface area contributed by atoms with E-state index in [-0.39, 0.29) is 44.8 Å². The highest BCUT2D eigenvalue weighted by atomic mass is 32.2.